The number of piperidine rings is 1. The third-order valence-corrected chi connectivity index (χ3v) is 13.0. The molecule has 5 fully saturated rings. The minimum absolute atomic E-state index is 0.0303. The maximum absolute atomic E-state index is 15.5. The van der Waals surface area contributed by atoms with Gasteiger partial charge < -0.3 is 14.4 Å². The first kappa shape index (κ1) is 36.7. The summed E-state index contributed by atoms with van der Waals surface area (Å²) in [5, 5.41) is 0.265. The quantitative estimate of drug-likeness (QED) is 0.215. The summed E-state index contributed by atoms with van der Waals surface area (Å²) in [5.41, 5.74) is 1.48. The van der Waals surface area contributed by atoms with Gasteiger partial charge in [-0.1, -0.05) is 41.9 Å². The molecule has 4 aliphatic heterocycles. The Morgan fingerprint density at radius 3 is 2.38 bits per heavy atom. The van der Waals surface area contributed by atoms with Crippen LogP contribution in [-0.4, -0.2) is 105 Å². The summed E-state index contributed by atoms with van der Waals surface area (Å²) < 4.78 is 27.6. The maximum Gasteiger partial charge on any atom is 0.410 e. The summed E-state index contributed by atoms with van der Waals surface area (Å²) in [6, 6.07) is 11.2. The van der Waals surface area contributed by atoms with Gasteiger partial charge >= 0.3 is 12.1 Å². The second-order valence-corrected chi connectivity index (χ2v) is 17.8. The van der Waals surface area contributed by atoms with Crippen LogP contribution in [0.2, 0.25) is 5.15 Å². The summed E-state index contributed by atoms with van der Waals surface area (Å²) in [5.74, 6) is 0.608. The first-order chi connectivity index (χ1) is 25.5. The Balaban J connectivity index is 0.889. The van der Waals surface area contributed by atoms with Crippen LogP contribution >= 0.6 is 11.6 Å². The first-order valence-electron chi connectivity index (χ1n) is 19.9. The lowest BCUT2D eigenvalue weighted by Crippen LogP contribution is -2.57. The fourth-order valence-corrected chi connectivity index (χ4v) is 9.96. The molecule has 3 aromatic rings. The molecule has 0 radical (unpaired) electrons. The predicted octanol–water partition coefficient (Wildman–Crippen LogP) is 7.72. The third-order valence-electron chi connectivity index (χ3n) is 12.7. The lowest BCUT2D eigenvalue weighted by Gasteiger charge is -2.46. The summed E-state index contributed by atoms with van der Waals surface area (Å²) in [6.45, 7) is 12.9. The number of likely N-dealkylation sites (tertiary alicyclic amines) is 2. The van der Waals surface area contributed by atoms with Gasteiger partial charge in [-0.25, -0.2) is 14.2 Å². The molecule has 1 spiro atoms. The van der Waals surface area contributed by atoms with Crippen LogP contribution < -0.4 is 9.64 Å². The molecule has 3 atom stereocenters. The molecular formula is C41H55ClFN7O3. The van der Waals surface area contributed by atoms with Crippen molar-refractivity contribution >= 4 is 34.4 Å². The number of hydrogen-bond acceptors (Lipinski definition) is 9. The summed E-state index contributed by atoms with van der Waals surface area (Å²) in [7, 11) is 0. The average molecular weight is 748 g/mol. The maximum atomic E-state index is 15.5. The number of aromatic nitrogens is 3. The van der Waals surface area contributed by atoms with E-state index in [1.54, 1.807) is 6.20 Å². The lowest BCUT2D eigenvalue weighted by molar-refractivity contribution is 0.0122. The molecule has 2 unspecified atom stereocenters. The van der Waals surface area contributed by atoms with E-state index in [9.17, 15) is 4.79 Å². The number of amides is 1. The molecule has 53 heavy (non-hydrogen) atoms. The van der Waals surface area contributed by atoms with Crippen molar-refractivity contribution in [3.05, 3.63) is 53.1 Å². The number of fused-ring (bicyclic) bond motifs is 3. The van der Waals surface area contributed by atoms with Crippen LogP contribution in [0.25, 0.3) is 10.9 Å². The second-order valence-electron chi connectivity index (χ2n) is 17.4. The number of carbonyl (C=O) groups excluding carboxylic acids is 1. The Bertz CT molecular complexity index is 1740. The van der Waals surface area contributed by atoms with E-state index in [1.165, 1.54) is 57.2 Å². The predicted molar refractivity (Wildman–Crippen MR) is 205 cm³/mol. The molecule has 2 bridgehead atoms. The van der Waals surface area contributed by atoms with E-state index in [0.29, 0.717) is 42.2 Å². The van der Waals surface area contributed by atoms with Gasteiger partial charge in [-0.2, -0.15) is 9.97 Å². The Hall–Kier alpha value is -3.28. The van der Waals surface area contributed by atoms with Crippen molar-refractivity contribution in [1.29, 1.82) is 0 Å². The van der Waals surface area contributed by atoms with Gasteiger partial charge in [0.1, 0.15) is 23.5 Å². The second kappa shape index (κ2) is 15.1. The molecule has 5 aliphatic rings. The van der Waals surface area contributed by atoms with Crippen molar-refractivity contribution in [3.8, 4) is 6.01 Å². The smallest absolute Gasteiger partial charge is 0.410 e. The number of anilines is 1. The number of hydrogen-bond donors (Lipinski definition) is 0. The molecule has 6 heterocycles. The van der Waals surface area contributed by atoms with E-state index >= 15 is 4.39 Å². The van der Waals surface area contributed by atoms with Crippen LogP contribution in [-0.2, 0) is 11.3 Å². The molecule has 1 aliphatic carbocycles. The molecule has 4 saturated heterocycles. The number of carbonyl (C=O) groups is 1. The molecule has 1 saturated carbocycles. The molecular weight excluding hydrogens is 693 g/mol. The SMILES string of the molecule is CC(C)(C)OC(=O)N1C2CCC1CN(c1nc(OC[C@@H]3CCCN3CC3CCC4(CC3)CCN(Cc3ccccc3)CC4)nc3c(F)c(Cl)ncc13)C2. The number of piperazine rings is 1. The van der Waals surface area contributed by atoms with Gasteiger partial charge in [0.2, 0.25) is 0 Å². The highest BCUT2D eigenvalue weighted by Gasteiger charge is 2.45. The highest BCUT2D eigenvalue weighted by Crippen LogP contribution is 2.47. The topological polar surface area (TPSA) is 87.2 Å². The van der Waals surface area contributed by atoms with Crippen LogP contribution in [0.5, 0.6) is 6.01 Å². The number of ether oxygens (including phenoxy) is 2. The fraction of sp³-hybridized carbons (Fsp3) is 0.659. The minimum Gasteiger partial charge on any atom is -0.462 e. The van der Waals surface area contributed by atoms with Crippen LogP contribution in [0.1, 0.15) is 90.5 Å². The van der Waals surface area contributed by atoms with E-state index < -0.39 is 11.4 Å². The van der Waals surface area contributed by atoms with Crippen molar-refractivity contribution in [2.24, 2.45) is 11.3 Å². The summed E-state index contributed by atoms with van der Waals surface area (Å²) in [4.78, 5) is 35.9. The van der Waals surface area contributed by atoms with Gasteiger partial charge in [0.15, 0.2) is 11.0 Å². The number of rotatable bonds is 8. The van der Waals surface area contributed by atoms with E-state index in [4.69, 9.17) is 26.1 Å². The first-order valence-corrected chi connectivity index (χ1v) is 20.3. The number of pyridine rings is 1. The van der Waals surface area contributed by atoms with Gasteiger partial charge in [0.05, 0.1) is 17.5 Å². The van der Waals surface area contributed by atoms with Crippen molar-refractivity contribution in [1.82, 2.24) is 29.7 Å². The van der Waals surface area contributed by atoms with Crippen LogP contribution in [0.4, 0.5) is 15.0 Å². The van der Waals surface area contributed by atoms with Crippen molar-refractivity contribution in [2.75, 3.05) is 50.8 Å². The lowest BCUT2D eigenvalue weighted by atomic mass is 9.65. The molecule has 286 valence electrons. The van der Waals surface area contributed by atoms with E-state index in [2.05, 4.69) is 55.0 Å². The average Bonchev–Trinajstić information content (AvgIpc) is 3.70. The Labute approximate surface area is 318 Å². The highest BCUT2D eigenvalue weighted by atomic mass is 35.5. The Morgan fingerprint density at radius 1 is 0.962 bits per heavy atom. The fourth-order valence-electron chi connectivity index (χ4n) is 9.82. The van der Waals surface area contributed by atoms with E-state index in [1.807, 2.05) is 25.7 Å². The number of nitrogens with zero attached hydrogens (tertiary/aromatic N) is 7. The van der Waals surface area contributed by atoms with Crippen molar-refractivity contribution in [2.45, 2.75) is 115 Å². The van der Waals surface area contributed by atoms with Crippen LogP contribution in [0.3, 0.4) is 0 Å². The zero-order chi connectivity index (χ0) is 36.7. The molecule has 0 N–H and O–H groups in total. The molecule has 8 rings (SSSR count). The molecule has 1 amide bonds. The van der Waals surface area contributed by atoms with Gasteiger partial charge in [-0.05, 0) is 122 Å². The molecule has 1 aromatic carbocycles. The largest absolute Gasteiger partial charge is 0.462 e. The summed E-state index contributed by atoms with van der Waals surface area (Å²) in [6.07, 6.45) is 13.2. The van der Waals surface area contributed by atoms with Gasteiger partial charge in [-0.3, -0.25) is 14.7 Å². The van der Waals surface area contributed by atoms with E-state index in [0.717, 1.165) is 45.3 Å². The summed E-state index contributed by atoms with van der Waals surface area (Å²) >= 11 is 6.15. The Kier molecular flexibility index (Phi) is 10.5. The van der Waals surface area contributed by atoms with Crippen LogP contribution in [0, 0.1) is 17.2 Å². The molecule has 10 nitrogen and oxygen atoms in total. The zero-order valence-electron chi connectivity index (χ0n) is 31.6. The number of halogens is 2. The minimum atomic E-state index is -0.674. The zero-order valence-corrected chi connectivity index (χ0v) is 32.4. The third kappa shape index (κ3) is 8.08. The molecule has 2 aromatic heterocycles. The van der Waals surface area contributed by atoms with Gasteiger partial charge in [0, 0.05) is 38.4 Å². The monoisotopic (exact) mass is 747 g/mol. The van der Waals surface area contributed by atoms with Crippen molar-refractivity contribution in [3.63, 3.8) is 0 Å². The van der Waals surface area contributed by atoms with Gasteiger partial charge in [-0.15, -0.1) is 0 Å². The Morgan fingerprint density at radius 2 is 1.68 bits per heavy atom. The standard InChI is InChI=1S/C41H55ClFN7O3/c1-40(2,3)53-39(51)50-30-11-12-31(50)26-49(25-30)37-33-22-44-36(42)34(43)35(33)45-38(46-37)52-27-32-10-7-19-48(32)24-29-13-15-41(16-14-29)17-20-47(21-18-41)23-28-8-5-4-6-9-28/h4-6,8-9,22,29-32H,7,10-21,23-27H2,1-3H3/t30?,31?,32-/m0/s1. The van der Waals surface area contributed by atoms with Crippen LogP contribution in [0.15, 0.2) is 36.5 Å². The van der Waals surface area contributed by atoms with Crippen molar-refractivity contribution < 1.29 is 18.7 Å². The van der Waals surface area contributed by atoms with E-state index in [-0.39, 0.29) is 40.9 Å². The number of benzene rings is 1. The molecule has 12 heteroatoms. The van der Waals surface area contributed by atoms with Gasteiger partial charge in [0.25, 0.3) is 0 Å². The normalized spacial score (nSPS) is 25.4. The highest BCUT2D eigenvalue weighted by molar-refractivity contribution is 6.30.